The molecule has 5 nitrogen and oxygen atoms in total. The van der Waals surface area contributed by atoms with Crippen LogP contribution in [0.1, 0.15) is 12.7 Å². The molecular weight excluding hydrogens is 364 g/mol. The highest BCUT2D eigenvalue weighted by atomic mass is 16.5. The first-order valence-electron chi connectivity index (χ1n) is 10.6. The molecule has 0 saturated carbocycles. The van der Waals surface area contributed by atoms with Gasteiger partial charge >= 0.3 is 0 Å². The molecule has 0 spiro atoms. The molecule has 4 rings (SSSR count). The van der Waals surface area contributed by atoms with Gasteiger partial charge in [0.05, 0.1) is 17.5 Å². The fraction of sp³-hybridized carbons (Fsp3) is 0.375. The van der Waals surface area contributed by atoms with E-state index in [1.165, 1.54) is 32.7 Å². The summed E-state index contributed by atoms with van der Waals surface area (Å²) < 4.78 is 12.0. The Labute approximate surface area is 171 Å². The number of aryl methyl sites for hydroxylation is 1. The average Bonchev–Trinajstić information content (AvgIpc) is 2.75. The van der Waals surface area contributed by atoms with E-state index in [0.717, 1.165) is 17.9 Å². The molecule has 0 aliphatic carbocycles. The summed E-state index contributed by atoms with van der Waals surface area (Å²) in [6, 6.07) is 15.2. The Kier molecular flexibility index (Phi) is 5.97. The van der Waals surface area contributed by atoms with Gasteiger partial charge in [0.1, 0.15) is 56.4 Å². The highest BCUT2D eigenvalue weighted by Crippen LogP contribution is 2.26. The highest BCUT2D eigenvalue weighted by Gasteiger charge is 2.21. The van der Waals surface area contributed by atoms with Crippen molar-refractivity contribution in [1.29, 1.82) is 0 Å². The summed E-state index contributed by atoms with van der Waals surface area (Å²) in [4.78, 5) is 16.3. The first kappa shape index (κ1) is 19.7. The zero-order chi connectivity index (χ0) is 20.2. The number of rotatable bonds is 6. The summed E-state index contributed by atoms with van der Waals surface area (Å²) in [7, 11) is 0. The van der Waals surface area contributed by atoms with E-state index in [-0.39, 0.29) is 5.43 Å². The zero-order valence-electron chi connectivity index (χ0n) is 17.3. The van der Waals surface area contributed by atoms with Crippen LogP contribution in [-0.2, 0) is 0 Å². The van der Waals surface area contributed by atoms with Crippen LogP contribution in [0.5, 0.6) is 5.75 Å². The van der Waals surface area contributed by atoms with Crippen LogP contribution in [0.2, 0.25) is 0 Å². The van der Waals surface area contributed by atoms with Crippen LogP contribution in [0.3, 0.4) is 0 Å². The predicted molar refractivity (Wildman–Crippen MR) is 115 cm³/mol. The molecule has 1 aliphatic heterocycles. The summed E-state index contributed by atoms with van der Waals surface area (Å²) in [6.07, 6.45) is 0. The molecular formula is C24H30N2O3+2. The molecule has 2 N–H and O–H groups in total. The minimum Gasteiger partial charge on any atom is -0.488 e. The topological polar surface area (TPSA) is 48.3 Å². The monoisotopic (exact) mass is 394 g/mol. The van der Waals surface area contributed by atoms with E-state index in [0.29, 0.717) is 28.9 Å². The number of ether oxygens (including phenoxy) is 1. The van der Waals surface area contributed by atoms with Crippen molar-refractivity contribution in [2.75, 3.05) is 45.9 Å². The van der Waals surface area contributed by atoms with Crippen molar-refractivity contribution in [2.45, 2.75) is 13.8 Å². The summed E-state index contributed by atoms with van der Waals surface area (Å²) in [6.45, 7) is 11.9. The number of hydrogen-bond donors (Lipinski definition) is 2. The van der Waals surface area contributed by atoms with E-state index in [1.54, 1.807) is 9.80 Å². The minimum atomic E-state index is 0.00207. The third-order valence-corrected chi connectivity index (χ3v) is 5.99. The number of quaternary nitrogens is 2. The molecule has 29 heavy (non-hydrogen) atoms. The van der Waals surface area contributed by atoms with Crippen LogP contribution in [0.4, 0.5) is 0 Å². The van der Waals surface area contributed by atoms with Crippen molar-refractivity contribution in [1.82, 2.24) is 0 Å². The average molecular weight is 395 g/mol. The van der Waals surface area contributed by atoms with Gasteiger partial charge in [-0.15, -0.1) is 0 Å². The van der Waals surface area contributed by atoms with E-state index in [2.05, 4.69) is 6.92 Å². The van der Waals surface area contributed by atoms with Crippen LogP contribution >= 0.6 is 0 Å². The summed E-state index contributed by atoms with van der Waals surface area (Å²) in [5.74, 6) is 1.39. The second kappa shape index (κ2) is 8.80. The lowest BCUT2D eigenvalue weighted by molar-refractivity contribution is -1.01. The van der Waals surface area contributed by atoms with E-state index in [1.807, 2.05) is 55.5 Å². The highest BCUT2D eigenvalue weighted by molar-refractivity contribution is 5.83. The molecule has 2 aromatic carbocycles. The number of nitrogens with one attached hydrogen (secondary N) is 2. The molecule has 1 saturated heterocycles. The second-order valence-electron chi connectivity index (χ2n) is 7.84. The molecule has 0 unspecified atom stereocenters. The van der Waals surface area contributed by atoms with Crippen LogP contribution in [0.25, 0.3) is 22.1 Å². The van der Waals surface area contributed by atoms with Crippen molar-refractivity contribution >= 4 is 11.0 Å². The second-order valence-corrected chi connectivity index (χ2v) is 7.84. The fourth-order valence-corrected chi connectivity index (χ4v) is 4.19. The lowest BCUT2D eigenvalue weighted by Crippen LogP contribution is -3.28. The van der Waals surface area contributed by atoms with Crippen LogP contribution in [-0.4, -0.2) is 45.9 Å². The molecule has 5 heteroatoms. The Morgan fingerprint density at radius 2 is 1.72 bits per heavy atom. The summed E-state index contributed by atoms with van der Waals surface area (Å²) in [5.41, 5.74) is 2.09. The van der Waals surface area contributed by atoms with Gasteiger partial charge in [-0.1, -0.05) is 30.3 Å². The molecule has 2 heterocycles. The first-order valence-corrected chi connectivity index (χ1v) is 10.6. The van der Waals surface area contributed by atoms with Crippen LogP contribution in [0, 0.1) is 6.92 Å². The molecule has 152 valence electrons. The third-order valence-electron chi connectivity index (χ3n) is 5.99. The zero-order valence-corrected chi connectivity index (χ0v) is 17.3. The number of fused-ring (bicyclic) bond motifs is 1. The van der Waals surface area contributed by atoms with Gasteiger partial charge < -0.3 is 19.0 Å². The lowest BCUT2D eigenvalue weighted by Gasteiger charge is -2.28. The van der Waals surface area contributed by atoms with Crippen molar-refractivity contribution in [3.8, 4) is 16.9 Å². The maximum Gasteiger partial charge on any atom is 0.200 e. The minimum absolute atomic E-state index is 0.00207. The molecule has 0 atom stereocenters. The number of likely N-dealkylation sites (N-methyl/N-ethyl adjacent to an activating group) is 1. The standard InChI is InChI=1S/C24H28N2O3/c1-3-25-11-13-26(14-12-25)15-16-28-20-9-10-21-22(17-20)29-18(2)23(24(21)27)19-7-5-4-6-8-19/h4-10,17H,3,11-16H2,1-2H3/p+2. The van der Waals surface area contributed by atoms with Crippen LogP contribution in [0.15, 0.2) is 57.7 Å². The number of benzene rings is 2. The van der Waals surface area contributed by atoms with Gasteiger partial charge in [0.2, 0.25) is 5.43 Å². The van der Waals surface area contributed by atoms with Gasteiger partial charge in [0, 0.05) is 6.07 Å². The first-order chi connectivity index (χ1) is 14.2. The Balaban J connectivity index is 1.47. The van der Waals surface area contributed by atoms with Gasteiger partial charge in [-0.3, -0.25) is 4.79 Å². The third kappa shape index (κ3) is 4.36. The lowest BCUT2D eigenvalue weighted by atomic mass is 10.0. The molecule has 1 aliphatic rings. The number of hydrogen-bond acceptors (Lipinski definition) is 3. The van der Waals surface area contributed by atoms with E-state index in [4.69, 9.17) is 9.15 Å². The summed E-state index contributed by atoms with van der Waals surface area (Å²) >= 11 is 0. The molecule has 1 aromatic heterocycles. The molecule has 3 aromatic rings. The van der Waals surface area contributed by atoms with Gasteiger partial charge in [-0.05, 0) is 31.5 Å². The predicted octanol–water partition coefficient (Wildman–Crippen LogP) is 0.951. The Hall–Kier alpha value is -2.63. The maximum atomic E-state index is 13.0. The van der Waals surface area contributed by atoms with E-state index < -0.39 is 0 Å². The van der Waals surface area contributed by atoms with Gasteiger partial charge in [-0.25, -0.2) is 0 Å². The van der Waals surface area contributed by atoms with Gasteiger partial charge in [-0.2, -0.15) is 0 Å². The SMILES string of the molecule is CC[NH+]1CC[NH+](CCOc2ccc3c(=O)c(-c4ccccc4)c(C)oc3c2)CC1. The molecule has 0 bridgehead atoms. The molecule has 0 radical (unpaired) electrons. The molecule has 0 amide bonds. The van der Waals surface area contributed by atoms with Gasteiger partial charge in [0.25, 0.3) is 0 Å². The van der Waals surface area contributed by atoms with E-state index in [9.17, 15) is 4.79 Å². The van der Waals surface area contributed by atoms with Crippen molar-refractivity contribution < 1.29 is 19.0 Å². The quantitative estimate of drug-likeness (QED) is 0.655. The smallest absolute Gasteiger partial charge is 0.200 e. The van der Waals surface area contributed by atoms with E-state index >= 15 is 0 Å². The van der Waals surface area contributed by atoms with Crippen molar-refractivity contribution in [2.24, 2.45) is 0 Å². The maximum absolute atomic E-state index is 13.0. The largest absolute Gasteiger partial charge is 0.488 e. The number of piperazine rings is 1. The van der Waals surface area contributed by atoms with Crippen LogP contribution < -0.4 is 20.0 Å². The fourth-order valence-electron chi connectivity index (χ4n) is 4.19. The normalized spacial score (nSPS) is 19.4. The Bertz CT molecular complexity index is 1020. The molecule has 1 fully saturated rings. The van der Waals surface area contributed by atoms with Crippen molar-refractivity contribution in [3.63, 3.8) is 0 Å². The summed E-state index contributed by atoms with van der Waals surface area (Å²) in [5, 5.41) is 0.589. The Morgan fingerprint density at radius 3 is 2.45 bits per heavy atom. The van der Waals surface area contributed by atoms with Crippen molar-refractivity contribution in [3.05, 3.63) is 64.5 Å². The Morgan fingerprint density at radius 1 is 1.00 bits per heavy atom. The van der Waals surface area contributed by atoms with Gasteiger partial charge in [0.15, 0.2) is 0 Å².